The van der Waals surface area contributed by atoms with Gasteiger partial charge in [0.15, 0.2) is 5.82 Å². The van der Waals surface area contributed by atoms with Gasteiger partial charge in [-0.3, -0.25) is 9.59 Å². The fourth-order valence-electron chi connectivity index (χ4n) is 1.81. The molecule has 0 fully saturated rings. The van der Waals surface area contributed by atoms with Gasteiger partial charge in [-0.1, -0.05) is 17.3 Å². The number of benzene rings is 1. The molecule has 0 bridgehead atoms. The molecule has 1 aromatic heterocycles. The zero-order valence-electron chi connectivity index (χ0n) is 12.1. The van der Waals surface area contributed by atoms with Crippen LogP contribution >= 0.6 is 0 Å². The van der Waals surface area contributed by atoms with Crippen molar-refractivity contribution in [3.63, 3.8) is 0 Å². The first-order chi connectivity index (χ1) is 10.9. The van der Waals surface area contributed by atoms with Crippen LogP contribution in [0.4, 0.5) is 11.5 Å². The van der Waals surface area contributed by atoms with E-state index in [4.69, 9.17) is 11.5 Å². The standard InChI is InChI=1S/C13H14N6O4/c1-23-13(22)10-11(14)19(18-17-10)6-9(20)16-8-5-3-2-4-7(8)12(15)21/h2-5H,6,14H2,1H3,(H2,15,21)(H,16,20). The number of para-hydroxylation sites is 1. The van der Waals surface area contributed by atoms with Gasteiger partial charge in [0, 0.05) is 0 Å². The number of anilines is 2. The molecule has 1 heterocycles. The normalized spacial score (nSPS) is 10.1. The number of nitrogens with two attached hydrogens (primary N) is 2. The van der Waals surface area contributed by atoms with E-state index in [1.807, 2.05) is 0 Å². The Labute approximate surface area is 130 Å². The molecule has 2 rings (SSSR count). The van der Waals surface area contributed by atoms with Crippen LogP contribution in [0.25, 0.3) is 0 Å². The lowest BCUT2D eigenvalue weighted by Gasteiger charge is -2.09. The Balaban J connectivity index is 2.14. The fourth-order valence-corrected chi connectivity index (χ4v) is 1.81. The minimum atomic E-state index is -0.756. The highest BCUT2D eigenvalue weighted by molar-refractivity contribution is 6.03. The van der Waals surface area contributed by atoms with E-state index in [1.165, 1.54) is 19.2 Å². The third-order valence-electron chi connectivity index (χ3n) is 2.91. The second kappa shape index (κ2) is 6.56. The van der Waals surface area contributed by atoms with Crippen LogP contribution in [0.15, 0.2) is 24.3 Å². The van der Waals surface area contributed by atoms with Crippen molar-refractivity contribution >= 4 is 29.3 Å². The zero-order chi connectivity index (χ0) is 17.0. The summed E-state index contributed by atoms with van der Waals surface area (Å²) in [6.45, 7) is -0.303. The van der Waals surface area contributed by atoms with Gasteiger partial charge in [0.05, 0.1) is 18.4 Å². The number of methoxy groups -OCH3 is 1. The van der Waals surface area contributed by atoms with Crippen molar-refractivity contribution in [1.82, 2.24) is 15.0 Å². The smallest absolute Gasteiger partial charge is 0.362 e. The van der Waals surface area contributed by atoms with Crippen LogP contribution in [0.2, 0.25) is 0 Å². The molecule has 0 unspecified atom stereocenters. The van der Waals surface area contributed by atoms with Gasteiger partial charge in [-0.05, 0) is 12.1 Å². The van der Waals surface area contributed by atoms with Crippen molar-refractivity contribution in [2.24, 2.45) is 5.73 Å². The molecule has 0 aliphatic heterocycles. The Morgan fingerprint density at radius 3 is 2.65 bits per heavy atom. The molecular formula is C13H14N6O4. The summed E-state index contributed by atoms with van der Waals surface area (Å²) < 4.78 is 5.52. The zero-order valence-corrected chi connectivity index (χ0v) is 12.1. The summed E-state index contributed by atoms with van der Waals surface area (Å²) in [5, 5.41) is 9.68. The Kier molecular flexibility index (Phi) is 4.55. The number of esters is 1. The first kappa shape index (κ1) is 15.9. The molecule has 120 valence electrons. The van der Waals surface area contributed by atoms with Crippen molar-refractivity contribution < 1.29 is 19.1 Å². The highest BCUT2D eigenvalue weighted by Crippen LogP contribution is 2.15. The number of hydrogen-bond acceptors (Lipinski definition) is 7. The number of nitrogens with zero attached hydrogens (tertiary/aromatic N) is 3. The summed E-state index contributed by atoms with van der Waals surface area (Å²) in [4.78, 5) is 34.7. The quantitative estimate of drug-likeness (QED) is 0.620. The maximum atomic E-state index is 12.0. The van der Waals surface area contributed by atoms with Gasteiger partial charge in [-0.25, -0.2) is 9.48 Å². The van der Waals surface area contributed by atoms with Crippen LogP contribution in [-0.2, 0) is 16.1 Å². The second-order valence-electron chi connectivity index (χ2n) is 4.43. The molecule has 23 heavy (non-hydrogen) atoms. The summed E-state index contributed by atoms with van der Waals surface area (Å²) in [6, 6.07) is 6.27. The third kappa shape index (κ3) is 3.43. The SMILES string of the molecule is COC(=O)c1nnn(CC(=O)Nc2ccccc2C(N)=O)c1N. The summed E-state index contributed by atoms with van der Waals surface area (Å²) in [6.07, 6.45) is 0. The number of aromatic nitrogens is 3. The maximum absolute atomic E-state index is 12.0. The van der Waals surface area contributed by atoms with E-state index in [0.717, 1.165) is 4.68 Å². The van der Waals surface area contributed by atoms with Crippen molar-refractivity contribution in [3.05, 3.63) is 35.5 Å². The number of nitrogen functional groups attached to an aromatic ring is 1. The van der Waals surface area contributed by atoms with Crippen LogP contribution in [0.5, 0.6) is 0 Å². The van der Waals surface area contributed by atoms with Gasteiger partial charge in [-0.15, -0.1) is 5.10 Å². The number of carbonyl (C=O) groups is 3. The van der Waals surface area contributed by atoms with Gasteiger partial charge in [0.1, 0.15) is 6.54 Å². The first-order valence-electron chi connectivity index (χ1n) is 6.40. The van der Waals surface area contributed by atoms with Gasteiger partial charge in [-0.2, -0.15) is 0 Å². The second-order valence-corrected chi connectivity index (χ2v) is 4.43. The van der Waals surface area contributed by atoms with Gasteiger partial charge in [0.2, 0.25) is 11.6 Å². The molecule has 0 atom stereocenters. The number of rotatable bonds is 5. The molecule has 2 aromatic rings. The Morgan fingerprint density at radius 2 is 2.00 bits per heavy atom. The van der Waals surface area contributed by atoms with E-state index < -0.39 is 17.8 Å². The molecule has 0 spiro atoms. The highest BCUT2D eigenvalue weighted by Gasteiger charge is 2.19. The molecule has 1 aromatic carbocycles. The van der Waals surface area contributed by atoms with Gasteiger partial charge in [0.25, 0.3) is 5.91 Å². The van der Waals surface area contributed by atoms with E-state index in [1.54, 1.807) is 12.1 Å². The fraction of sp³-hybridized carbons (Fsp3) is 0.154. The summed E-state index contributed by atoms with van der Waals surface area (Å²) in [5.74, 6) is -2.05. The molecule has 0 saturated carbocycles. The van der Waals surface area contributed by atoms with Crippen LogP contribution in [0.3, 0.4) is 0 Å². The monoisotopic (exact) mass is 318 g/mol. The van der Waals surface area contributed by atoms with E-state index in [9.17, 15) is 14.4 Å². The van der Waals surface area contributed by atoms with Crippen molar-refractivity contribution in [2.45, 2.75) is 6.54 Å². The average molecular weight is 318 g/mol. The van der Waals surface area contributed by atoms with Crippen LogP contribution in [0.1, 0.15) is 20.8 Å². The summed E-state index contributed by atoms with van der Waals surface area (Å²) >= 11 is 0. The molecule has 0 aliphatic carbocycles. The molecule has 10 nitrogen and oxygen atoms in total. The molecule has 5 N–H and O–H groups in total. The lowest BCUT2D eigenvalue weighted by molar-refractivity contribution is -0.116. The lowest BCUT2D eigenvalue weighted by Crippen LogP contribution is -2.23. The summed E-state index contributed by atoms with van der Waals surface area (Å²) in [7, 11) is 1.17. The van der Waals surface area contributed by atoms with Crippen molar-refractivity contribution in [1.29, 1.82) is 0 Å². The first-order valence-corrected chi connectivity index (χ1v) is 6.40. The van der Waals surface area contributed by atoms with E-state index in [0.29, 0.717) is 0 Å². The van der Waals surface area contributed by atoms with Crippen molar-refractivity contribution in [2.75, 3.05) is 18.2 Å². The molecule has 2 amide bonds. The largest absolute Gasteiger partial charge is 0.464 e. The lowest BCUT2D eigenvalue weighted by atomic mass is 10.1. The number of ether oxygens (including phenoxy) is 1. The third-order valence-corrected chi connectivity index (χ3v) is 2.91. The Bertz CT molecular complexity index is 770. The maximum Gasteiger partial charge on any atom is 0.362 e. The molecule has 10 heteroatoms. The van der Waals surface area contributed by atoms with Gasteiger partial charge < -0.3 is 21.5 Å². The Hall–Kier alpha value is -3.43. The summed E-state index contributed by atoms with van der Waals surface area (Å²) in [5.41, 5.74) is 11.2. The predicted molar refractivity (Wildman–Crippen MR) is 79.4 cm³/mol. The van der Waals surface area contributed by atoms with E-state index in [-0.39, 0.29) is 29.3 Å². The molecular weight excluding hydrogens is 304 g/mol. The Morgan fingerprint density at radius 1 is 1.30 bits per heavy atom. The molecule has 0 saturated heterocycles. The highest BCUT2D eigenvalue weighted by atomic mass is 16.5. The number of hydrogen-bond donors (Lipinski definition) is 3. The van der Waals surface area contributed by atoms with Crippen LogP contribution in [0, 0.1) is 0 Å². The van der Waals surface area contributed by atoms with Crippen LogP contribution < -0.4 is 16.8 Å². The van der Waals surface area contributed by atoms with Crippen LogP contribution in [-0.4, -0.2) is 39.9 Å². The van der Waals surface area contributed by atoms with Crippen molar-refractivity contribution in [3.8, 4) is 0 Å². The van der Waals surface area contributed by atoms with E-state index in [2.05, 4.69) is 20.4 Å². The minimum absolute atomic E-state index is 0.102. The average Bonchev–Trinajstić information content (AvgIpc) is 2.87. The van der Waals surface area contributed by atoms with Gasteiger partial charge >= 0.3 is 5.97 Å². The topological polar surface area (TPSA) is 155 Å². The predicted octanol–water partition coefficient (Wildman–Crippen LogP) is -0.615. The van der Waals surface area contributed by atoms with E-state index >= 15 is 0 Å². The minimum Gasteiger partial charge on any atom is -0.464 e. The number of amides is 2. The number of primary amides is 1. The number of carbonyl (C=O) groups excluding carboxylic acids is 3. The molecule has 0 radical (unpaired) electrons. The molecule has 0 aliphatic rings. The number of nitrogens with one attached hydrogen (secondary N) is 1.